The average molecular weight is 212 g/mol. The van der Waals surface area contributed by atoms with Crippen molar-refractivity contribution in [2.24, 2.45) is 0 Å². The highest BCUT2D eigenvalue weighted by Crippen LogP contribution is 2.21. The van der Waals surface area contributed by atoms with Gasteiger partial charge in [0.05, 0.1) is 0 Å². The smallest absolute Gasteiger partial charge is 0.200 e. The Hall–Kier alpha value is -2.16. The van der Waals surface area contributed by atoms with E-state index in [2.05, 4.69) is 4.98 Å². The first-order valence-electron chi connectivity index (χ1n) is 5.03. The van der Waals surface area contributed by atoms with Crippen LogP contribution in [0, 0.1) is 5.95 Å². The van der Waals surface area contributed by atoms with Crippen molar-refractivity contribution in [2.75, 3.05) is 0 Å². The number of rotatable bonds is 1. The number of hydrogen-bond donors (Lipinski definition) is 0. The molecule has 3 heteroatoms. The number of nitrogens with zero attached hydrogens (tertiary/aromatic N) is 2. The second-order valence-electron chi connectivity index (χ2n) is 3.55. The third-order valence-corrected chi connectivity index (χ3v) is 2.53. The van der Waals surface area contributed by atoms with Gasteiger partial charge in [-0.3, -0.25) is 4.57 Å². The molecule has 0 aliphatic rings. The predicted octanol–water partition coefficient (Wildman–Crippen LogP) is 3.16. The van der Waals surface area contributed by atoms with Gasteiger partial charge in [0, 0.05) is 23.3 Å². The minimum atomic E-state index is -0.292. The van der Waals surface area contributed by atoms with Crippen molar-refractivity contribution in [3.63, 3.8) is 0 Å². The molecule has 0 unspecified atom stereocenters. The SMILES string of the molecule is Fc1cc2cccnc2n1-c1ccccc1. The first kappa shape index (κ1) is 9.09. The van der Waals surface area contributed by atoms with Crippen molar-refractivity contribution < 1.29 is 4.39 Å². The summed E-state index contributed by atoms with van der Waals surface area (Å²) in [4.78, 5) is 4.20. The molecule has 0 amide bonds. The van der Waals surface area contributed by atoms with Crippen molar-refractivity contribution in [3.8, 4) is 5.69 Å². The normalized spacial score (nSPS) is 10.8. The lowest BCUT2D eigenvalue weighted by atomic mass is 10.3. The molecular formula is C13H9FN2. The molecule has 1 aromatic carbocycles. The summed E-state index contributed by atoms with van der Waals surface area (Å²) >= 11 is 0. The number of pyridine rings is 1. The van der Waals surface area contributed by atoms with Crippen molar-refractivity contribution in [3.05, 3.63) is 60.7 Å². The van der Waals surface area contributed by atoms with Gasteiger partial charge >= 0.3 is 0 Å². The van der Waals surface area contributed by atoms with Crippen LogP contribution in [0.1, 0.15) is 0 Å². The summed E-state index contributed by atoms with van der Waals surface area (Å²) in [5.41, 5.74) is 1.43. The zero-order valence-electron chi connectivity index (χ0n) is 8.47. The minimum absolute atomic E-state index is 0.292. The summed E-state index contributed by atoms with van der Waals surface area (Å²) in [5, 5.41) is 0.809. The van der Waals surface area contributed by atoms with E-state index >= 15 is 0 Å². The van der Waals surface area contributed by atoms with E-state index in [0.29, 0.717) is 5.65 Å². The van der Waals surface area contributed by atoms with Crippen LogP contribution < -0.4 is 0 Å². The van der Waals surface area contributed by atoms with Crippen molar-refractivity contribution >= 4 is 11.0 Å². The van der Waals surface area contributed by atoms with Crippen LogP contribution in [0.5, 0.6) is 0 Å². The summed E-state index contributed by atoms with van der Waals surface area (Å²) in [6, 6.07) is 14.5. The first-order valence-corrected chi connectivity index (χ1v) is 5.03. The van der Waals surface area contributed by atoms with E-state index in [1.807, 2.05) is 36.4 Å². The Morgan fingerprint density at radius 3 is 2.62 bits per heavy atom. The van der Waals surface area contributed by atoms with Gasteiger partial charge in [0.1, 0.15) is 5.65 Å². The number of halogens is 1. The number of para-hydroxylation sites is 1. The number of hydrogen-bond acceptors (Lipinski definition) is 1. The summed E-state index contributed by atoms with van der Waals surface area (Å²) < 4.78 is 15.3. The highest BCUT2D eigenvalue weighted by Gasteiger charge is 2.09. The molecule has 0 saturated carbocycles. The van der Waals surface area contributed by atoms with E-state index in [-0.39, 0.29) is 5.95 Å². The Morgan fingerprint density at radius 2 is 1.81 bits per heavy atom. The molecule has 3 rings (SSSR count). The van der Waals surface area contributed by atoms with Crippen molar-refractivity contribution in [1.82, 2.24) is 9.55 Å². The van der Waals surface area contributed by atoms with E-state index in [0.717, 1.165) is 11.1 Å². The maximum atomic E-state index is 13.8. The summed E-state index contributed by atoms with van der Waals surface area (Å²) in [6.45, 7) is 0. The monoisotopic (exact) mass is 212 g/mol. The molecule has 0 bridgehead atoms. The summed E-state index contributed by atoms with van der Waals surface area (Å²) in [7, 11) is 0. The molecule has 0 N–H and O–H groups in total. The van der Waals surface area contributed by atoms with Crippen LogP contribution in [0.25, 0.3) is 16.7 Å². The van der Waals surface area contributed by atoms with Gasteiger partial charge in [0.25, 0.3) is 0 Å². The van der Waals surface area contributed by atoms with E-state index in [9.17, 15) is 4.39 Å². The molecule has 2 heterocycles. The molecule has 0 atom stereocenters. The number of fused-ring (bicyclic) bond motifs is 1. The minimum Gasteiger partial charge on any atom is -0.270 e. The lowest BCUT2D eigenvalue weighted by Gasteiger charge is -2.04. The van der Waals surface area contributed by atoms with Gasteiger partial charge in [-0.05, 0) is 24.3 Å². The molecule has 16 heavy (non-hydrogen) atoms. The molecule has 0 radical (unpaired) electrons. The van der Waals surface area contributed by atoms with Crippen LogP contribution in [0.4, 0.5) is 4.39 Å². The van der Waals surface area contributed by atoms with Crippen LogP contribution >= 0.6 is 0 Å². The van der Waals surface area contributed by atoms with Crippen LogP contribution in [-0.2, 0) is 0 Å². The van der Waals surface area contributed by atoms with Gasteiger partial charge in [0.15, 0.2) is 0 Å². The van der Waals surface area contributed by atoms with Crippen LogP contribution in [-0.4, -0.2) is 9.55 Å². The highest BCUT2D eigenvalue weighted by molar-refractivity contribution is 5.78. The molecule has 0 saturated heterocycles. The zero-order valence-corrected chi connectivity index (χ0v) is 8.47. The molecule has 0 aliphatic carbocycles. The third kappa shape index (κ3) is 1.29. The Kier molecular flexibility index (Phi) is 1.96. The van der Waals surface area contributed by atoms with Gasteiger partial charge in [-0.2, -0.15) is 4.39 Å². The van der Waals surface area contributed by atoms with Crippen LogP contribution in [0.2, 0.25) is 0 Å². The molecule has 0 fully saturated rings. The Bertz CT molecular complexity index is 629. The fraction of sp³-hybridized carbons (Fsp3) is 0. The van der Waals surface area contributed by atoms with Crippen LogP contribution in [0.3, 0.4) is 0 Å². The van der Waals surface area contributed by atoms with Gasteiger partial charge < -0.3 is 0 Å². The molecule has 2 nitrogen and oxygen atoms in total. The standard InChI is InChI=1S/C13H9FN2/c14-12-9-10-5-4-8-15-13(10)16(12)11-6-2-1-3-7-11/h1-9H. The van der Waals surface area contributed by atoms with Gasteiger partial charge in [-0.25, -0.2) is 4.98 Å². The lowest BCUT2D eigenvalue weighted by Crippen LogP contribution is -1.97. The molecule has 3 aromatic rings. The zero-order chi connectivity index (χ0) is 11.0. The Balaban J connectivity index is 2.35. The molecule has 0 spiro atoms. The summed E-state index contributed by atoms with van der Waals surface area (Å²) in [6.07, 6.45) is 1.67. The van der Waals surface area contributed by atoms with Gasteiger partial charge in [-0.1, -0.05) is 18.2 Å². The molecule has 0 aliphatic heterocycles. The fourth-order valence-corrected chi connectivity index (χ4v) is 1.83. The van der Waals surface area contributed by atoms with Gasteiger partial charge in [-0.15, -0.1) is 0 Å². The molecule has 78 valence electrons. The second-order valence-corrected chi connectivity index (χ2v) is 3.55. The molecule has 2 aromatic heterocycles. The maximum absolute atomic E-state index is 13.8. The molecular weight excluding hydrogens is 203 g/mol. The fourth-order valence-electron chi connectivity index (χ4n) is 1.83. The largest absolute Gasteiger partial charge is 0.270 e. The first-order chi connectivity index (χ1) is 7.86. The Morgan fingerprint density at radius 1 is 1.00 bits per heavy atom. The summed E-state index contributed by atoms with van der Waals surface area (Å²) in [5.74, 6) is -0.292. The lowest BCUT2D eigenvalue weighted by molar-refractivity contribution is 0.564. The van der Waals surface area contributed by atoms with E-state index in [4.69, 9.17) is 0 Å². The Labute approximate surface area is 92.0 Å². The second kappa shape index (κ2) is 3.45. The highest BCUT2D eigenvalue weighted by atomic mass is 19.1. The van der Waals surface area contributed by atoms with Crippen molar-refractivity contribution in [1.29, 1.82) is 0 Å². The van der Waals surface area contributed by atoms with E-state index < -0.39 is 0 Å². The average Bonchev–Trinajstić information content (AvgIpc) is 2.66. The van der Waals surface area contributed by atoms with Crippen LogP contribution in [0.15, 0.2) is 54.7 Å². The quantitative estimate of drug-likeness (QED) is 0.605. The van der Waals surface area contributed by atoms with E-state index in [1.165, 1.54) is 10.6 Å². The van der Waals surface area contributed by atoms with E-state index in [1.54, 1.807) is 12.3 Å². The number of aromatic nitrogens is 2. The maximum Gasteiger partial charge on any atom is 0.200 e. The third-order valence-electron chi connectivity index (χ3n) is 2.53. The van der Waals surface area contributed by atoms with Crippen molar-refractivity contribution in [2.45, 2.75) is 0 Å². The number of benzene rings is 1. The predicted molar refractivity (Wildman–Crippen MR) is 61.0 cm³/mol. The van der Waals surface area contributed by atoms with Gasteiger partial charge in [0.2, 0.25) is 5.95 Å². The topological polar surface area (TPSA) is 17.8 Å².